The van der Waals surface area contributed by atoms with Gasteiger partial charge in [0.25, 0.3) is 0 Å². The molecule has 6 N–H and O–H groups in total. The van der Waals surface area contributed by atoms with E-state index >= 15 is 4.39 Å². The molecule has 0 radical (unpaired) electrons. The summed E-state index contributed by atoms with van der Waals surface area (Å²) >= 11 is 0. The zero-order valence-electron chi connectivity index (χ0n) is 52.5. The fourth-order valence-electron chi connectivity index (χ4n) is 16.9. The van der Waals surface area contributed by atoms with Crippen molar-refractivity contribution < 1.29 is 92.1 Å². The van der Waals surface area contributed by atoms with Gasteiger partial charge in [-0.1, -0.05) is 39.3 Å². The molecule has 478 valence electrons. The number of hydrogen-bond acceptors (Lipinski definition) is 20. The van der Waals surface area contributed by atoms with Crippen LogP contribution in [0.1, 0.15) is 153 Å². The van der Waals surface area contributed by atoms with Gasteiger partial charge in [-0.2, -0.15) is 0 Å². The molecule has 0 aromatic rings. The molecule has 8 fully saturated rings. The van der Waals surface area contributed by atoms with E-state index in [0.717, 1.165) is 0 Å². The largest absolute Gasteiger partial charge is 0.464 e. The third-order valence-corrected chi connectivity index (χ3v) is 22.4. The molecule has 84 heavy (non-hydrogen) atoms. The molecule has 0 spiro atoms. The number of aliphatic hydroxyl groups is 6. The minimum atomic E-state index is -2.13. The topological polar surface area (TPSA) is 270 Å². The van der Waals surface area contributed by atoms with E-state index < -0.39 is 166 Å². The van der Waals surface area contributed by atoms with Crippen molar-refractivity contribution in [1.82, 2.24) is 9.80 Å². The fraction of sp³-hybridized carbons (Fsp3) is 0.873. The predicted molar refractivity (Wildman–Crippen MR) is 304 cm³/mol. The standard InChI is InChI=1S/C63H101FN2O18/c1-16-46-60(11,74)51(70)37(6)66(14)32-39-28-61(75,29-39)53(35(4)49(36(5)54(72)81-46)83-48-31-59(10,77-15)52(71)38(7)80-48)84-55-50(44(65(12)13)26-34(3)79-55)82-47(69)19-17-18-24-78-56(73)63(76)33(2)25-43-42-21-20-40-27-41(67)22-23-57(40,8)62(42,64)45(68)30-58(43,63)9/h22-23,27,33-39,42-46,48-53,55,68,70-71,74-76H,16-21,24-26,28-32H2,1-15H3/t33-,34-,35+,36-,37-,38?,39-,42?,43?,44-,45+,46-,48-,49+,50-,51-,52-,53-,55+,57+,58+,59+,60-,61-,62+,63+/m1/s1. The molecule has 3 unspecified atom stereocenters. The molecule has 4 heterocycles. The number of methoxy groups -OCH3 is 1. The van der Waals surface area contributed by atoms with E-state index in [9.17, 15) is 49.8 Å². The first-order chi connectivity index (χ1) is 39.1. The van der Waals surface area contributed by atoms with Crippen LogP contribution in [-0.2, 0) is 57.1 Å². The van der Waals surface area contributed by atoms with Gasteiger partial charge in [0, 0.05) is 55.2 Å². The Kier molecular flexibility index (Phi) is 19.7. The van der Waals surface area contributed by atoms with Gasteiger partial charge in [0.05, 0.1) is 60.3 Å². The van der Waals surface area contributed by atoms with Crippen molar-refractivity contribution in [2.75, 3.05) is 41.4 Å². The lowest BCUT2D eigenvalue weighted by molar-refractivity contribution is -0.327. The average Bonchev–Trinajstić information content (AvgIpc) is 1.37. The minimum Gasteiger partial charge on any atom is -0.464 e. The Bertz CT molecular complexity index is 2460. The number of carbonyl (C=O) groups is 4. The van der Waals surface area contributed by atoms with Crippen LogP contribution >= 0.6 is 0 Å². The van der Waals surface area contributed by atoms with Crippen LogP contribution in [-0.4, -0.2) is 213 Å². The van der Waals surface area contributed by atoms with E-state index in [-0.39, 0.29) is 69.7 Å². The Morgan fingerprint density at radius 1 is 0.881 bits per heavy atom. The predicted octanol–water partition coefficient (Wildman–Crippen LogP) is 4.88. The van der Waals surface area contributed by atoms with E-state index in [2.05, 4.69) is 0 Å². The molecule has 0 aromatic carbocycles. The summed E-state index contributed by atoms with van der Waals surface area (Å²) in [5, 5.41) is 72.0. The van der Waals surface area contributed by atoms with Crippen LogP contribution in [0.2, 0.25) is 0 Å². The second kappa shape index (κ2) is 24.7. The van der Waals surface area contributed by atoms with Gasteiger partial charge in [-0.15, -0.1) is 0 Å². The number of hydrogen-bond donors (Lipinski definition) is 6. The number of nitrogens with zero attached hydrogens (tertiary/aromatic N) is 2. The fourth-order valence-corrected chi connectivity index (χ4v) is 16.9. The van der Waals surface area contributed by atoms with E-state index in [1.807, 2.05) is 37.9 Å². The Morgan fingerprint density at radius 2 is 1.56 bits per heavy atom. The van der Waals surface area contributed by atoms with E-state index in [1.54, 1.807) is 68.4 Å². The number of esters is 3. The van der Waals surface area contributed by atoms with Crippen molar-refractivity contribution in [3.63, 3.8) is 0 Å². The average molecular weight is 1190 g/mol. The van der Waals surface area contributed by atoms with Crippen molar-refractivity contribution in [1.29, 1.82) is 0 Å². The van der Waals surface area contributed by atoms with Gasteiger partial charge >= 0.3 is 17.9 Å². The third-order valence-electron chi connectivity index (χ3n) is 22.4. The summed E-state index contributed by atoms with van der Waals surface area (Å²) in [7, 11) is 7.03. The molecule has 4 saturated carbocycles. The molecule has 4 saturated heterocycles. The number of ketones is 1. The summed E-state index contributed by atoms with van der Waals surface area (Å²) in [5.41, 5.74) is -10.5. The molecule has 9 aliphatic rings. The second-order valence-corrected chi connectivity index (χ2v) is 28.1. The van der Waals surface area contributed by atoms with Gasteiger partial charge in [0.2, 0.25) is 0 Å². The molecule has 9 rings (SSSR count). The van der Waals surface area contributed by atoms with E-state index in [4.69, 9.17) is 37.9 Å². The summed E-state index contributed by atoms with van der Waals surface area (Å²) in [4.78, 5) is 59.1. The van der Waals surface area contributed by atoms with Crippen LogP contribution in [0.4, 0.5) is 4.39 Å². The number of alkyl halides is 1. The van der Waals surface area contributed by atoms with Crippen LogP contribution in [0.25, 0.3) is 0 Å². The highest BCUT2D eigenvalue weighted by molar-refractivity contribution is 6.01. The van der Waals surface area contributed by atoms with E-state index in [0.29, 0.717) is 37.8 Å². The maximum Gasteiger partial charge on any atom is 0.338 e. The molecule has 20 nitrogen and oxygen atoms in total. The molecular formula is C63H101FN2O18. The summed E-state index contributed by atoms with van der Waals surface area (Å²) in [6, 6.07) is -1.02. The van der Waals surface area contributed by atoms with Gasteiger partial charge in [0.1, 0.15) is 23.9 Å². The minimum absolute atomic E-state index is 0.0621. The zero-order chi connectivity index (χ0) is 62.2. The monoisotopic (exact) mass is 1190 g/mol. The molecule has 0 aromatic heterocycles. The van der Waals surface area contributed by atoms with Gasteiger partial charge in [-0.3, -0.25) is 14.4 Å². The Morgan fingerprint density at radius 3 is 2.20 bits per heavy atom. The summed E-state index contributed by atoms with van der Waals surface area (Å²) in [6.07, 6.45) is -4.94. The summed E-state index contributed by atoms with van der Waals surface area (Å²) < 4.78 is 68.7. The third kappa shape index (κ3) is 11.7. The lowest BCUT2D eigenvalue weighted by Crippen LogP contribution is -2.69. The zero-order valence-corrected chi connectivity index (χ0v) is 52.5. The number of ether oxygens (including phenoxy) is 8. The normalized spacial score (nSPS) is 49.2. The van der Waals surface area contributed by atoms with Crippen molar-refractivity contribution in [3.8, 4) is 0 Å². The van der Waals surface area contributed by atoms with Crippen LogP contribution < -0.4 is 0 Å². The molecule has 4 aliphatic heterocycles. The molecule has 24 atom stereocenters. The second-order valence-electron chi connectivity index (χ2n) is 28.1. The van der Waals surface area contributed by atoms with Gasteiger partial charge < -0.3 is 78.3 Å². The quantitative estimate of drug-likeness (QED) is 0.0769. The molecule has 21 heteroatoms. The van der Waals surface area contributed by atoms with Gasteiger partial charge in [-0.25, -0.2) is 9.18 Å². The number of unbranched alkanes of at least 4 members (excludes halogenated alkanes) is 1. The highest BCUT2D eigenvalue weighted by Gasteiger charge is 2.76. The van der Waals surface area contributed by atoms with Crippen molar-refractivity contribution in [2.45, 2.75) is 261 Å². The summed E-state index contributed by atoms with van der Waals surface area (Å²) in [6.45, 7) is 19.3. The lowest BCUT2D eigenvalue weighted by atomic mass is 9.45. The van der Waals surface area contributed by atoms with Crippen molar-refractivity contribution >= 4 is 23.7 Å². The maximum absolute atomic E-state index is 17.8. The molecule has 2 bridgehead atoms. The number of carbonyl (C=O) groups excluding carboxylic acids is 4. The van der Waals surface area contributed by atoms with Crippen LogP contribution in [0.15, 0.2) is 23.8 Å². The van der Waals surface area contributed by atoms with Crippen LogP contribution in [0, 0.1) is 46.3 Å². The van der Waals surface area contributed by atoms with Crippen LogP contribution in [0.5, 0.6) is 0 Å². The number of halogens is 1. The first-order valence-corrected chi connectivity index (χ1v) is 31.0. The van der Waals surface area contributed by atoms with Crippen molar-refractivity contribution in [2.24, 2.45) is 46.3 Å². The van der Waals surface area contributed by atoms with E-state index in [1.165, 1.54) is 26.2 Å². The molecule has 5 aliphatic carbocycles. The molecule has 0 amide bonds. The van der Waals surface area contributed by atoms with Crippen LogP contribution in [0.3, 0.4) is 0 Å². The highest BCUT2D eigenvalue weighted by atomic mass is 19.1. The van der Waals surface area contributed by atoms with Crippen molar-refractivity contribution in [3.05, 3.63) is 23.8 Å². The smallest absolute Gasteiger partial charge is 0.338 e. The Hall–Kier alpha value is -3.03. The highest BCUT2D eigenvalue weighted by Crippen LogP contribution is 2.71. The number of rotatable bonds is 14. The number of allylic oxidation sites excluding steroid dienone is 4. The number of likely N-dealkylation sites (N-methyl/N-ethyl adjacent to an activating group) is 2. The van der Waals surface area contributed by atoms with Gasteiger partial charge in [-0.05, 0) is 164 Å². The summed E-state index contributed by atoms with van der Waals surface area (Å²) in [5.74, 6) is -6.27. The lowest BCUT2D eigenvalue weighted by Gasteiger charge is -2.62. The number of aliphatic hydroxyl groups excluding tert-OH is 3. The maximum atomic E-state index is 17.8. The Balaban J connectivity index is 0.992. The number of fused-ring (bicyclic) bond motifs is 16. The first kappa shape index (κ1) is 66.9. The van der Waals surface area contributed by atoms with Gasteiger partial charge in [0.15, 0.2) is 35.7 Å². The Labute approximate surface area is 496 Å². The first-order valence-electron chi connectivity index (χ1n) is 31.0. The SMILES string of the molecule is CC[C@H]1OC(=O)[C@H](C)[C@@H](O[C@@H]2C[C@](C)(OC)[C@H](O)C(C)O2)[C@H](C)[C@@H](O[C@@H]2O[C@H](C)C[C@@H](N(C)C)[C@H]2OC(=O)CCCCOC(=O)[C@@]2(O)[C@H](C)CC3C4CCC5=CC(=O)C=C[C@]5(C)[C@@]4(F)[C@@H](O)C[C@@]32C)[C@]2(O)C[C@H](CN(C)[C@H](C)[C@@H](O)[C@]1(C)O)C2. The molecular weight excluding hydrogens is 1090 g/mol.